The minimum Gasteiger partial charge on any atom is -0.378 e. The summed E-state index contributed by atoms with van der Waals surface area (Å²) in [5, 5.41) is 0. The molecule has 0 saturated carbocycles. The molecular formula is C15H22ClN3O. The van der Waals surface area contributed by atoms with Crippen molar-refractivity contribution < 1.29 is 4.74 Å². The number of aromatic nitrogens is 2. The Bertz CT molecular complexity index is 539. The summed E-state index contributed by atoms with van der Waals surface area (Å²) in [5.41, 5.74) is 2.18. The quantitative estimate of drug-likeness (QED) is 0.553. The monoisotopic (exact) mass is 295 g/mol. The number of benzene rings is 1. The van der Waals surface area contributed by atoms with Crippen molar-refractivity contribution in [3.05, 3.63) is 30.1 Å². The summed E-state index contributed by atoms with van der Waals surface area (Å²) < 4.78 is 7.89. The van der Waals surface area contributed by atoms with Crippen molar-refractivity contribution in [2.45, 2.75) is 13.0 Å². The van der Waals surface area contributed by atoms with Crippen LogP contribution in [0, 0.1) is 0 Å². The highest BCUT2D eigenvalue weighted by Gasteiger charge is 2.09. The number of halogens is 1. The van der Waals surface area contributed by atoms with E-state index in [4.69, 9.17) is 16.3 Å². The molecule has 0 aliphatic carbocycles. The second-order valence-corrected chi connectivity index (χ2v) is 5.40. The van der Waals surface area contributed by atoms with Gasteiger partial charge in [-0.1, -0.05) is 12.1 Å². The number of ether oxygens (including phenoxy) is 1. The Kier molecular flexibility index (Phi) is 5.83. The molecule has 5 heteroatoms. The summed E-state index contributed by atoms with van der Waals surface area (Å²) in [4.78, 5) is 6.76. The average Bonchev–Trinajstić information content (AvgIpc) is 2.76. The van der Waals surface area contributed by atoms with Crippen LogP contribution in [0.25, 0.3) is 11.0 Å². The molecule has 1 heterocycles. The van der Waals surface area contributed by atoms with Crippen molar-refractivity contribution in [3.8, 4) is 0 Å². The fourth-order valence-electron chi connectivity index (χ4n) is 2.16. The van der Waals surface area contributed by atoms with Gasteiger partial charge in [0.15, 0.2) is 0 Å². The molecule has 2 aromatic rings. The van der Waals surface area contributed by atoms with Crippen molar-refractivity contribution in [2.24, 2.45) is 0 Å². The molecule has 1 aromatic heterocycles. The van der Waals surface area contributed by atoms with Gasteiger partial charge in [0.05, 0.1) is 24.2 Å². The van der Waals surface area contributed by atoms with Gasteiger partial charge in [0.2, 0.25) is 0 Å². The molecule has 0 N–H and O–H groups in total. The van der Waals surface area contributed by atoms with Gasteiger partial charge in [-0.2, -0.15) is 0 Å². The van der Waals surface area contributed by atoms with E-state index >= 15 is 0 Å². The highest BCUT2D eigenvalue weighted by atomic mass is 35.5. The number of alkyl halides is 1. The molecule has 0 atom stereocenters. The number of likely N-dealkylation sites (N-methyl/N-ethyl adjacent to an activating group) is 1. The highest BCUT2D eigenvalue weighted by molar-refractivity contribution is 6.17. The molecule has 0 amide bonds. The van der Waals surface area contributed by atoms with Gasteiger partial charge >= 0.3 is 0 Å². The summed E-state index contributed by atoms with van der Waals surface area (Å²) in [6, 6.07) is 8.19. The van der Waals surface area contributed by atoms with E-state index in [9.17, 15) is 0 Å². The number of para-hydroxylation sites is 2. The van der Waals surface area contributed by atoms with Crippen molar-refractivity contribution in [3.63, 3.8) is 0 Å². The standard InChI is InChI=1S/C15H22ClN3O/c1-18(2)9-11-20-12-10-19-14-6-4-3-5-13(14)17-15(19)7-8-16/h3-6H,7-12H2,1-2H3. The molecule has 2 rings (SSSR count). The molecular weight excluding hydrogens is 274 g/mol. The van der Waals surface area contributed by atoms with Crippen molar-refractivity contribution in [1.82, 2.24) is 14.5 Å². The van der Waals surface area contributed by atoms with Gasteiger partial charge in [0.1, 0.15) is 5.82 Å². The average molecular weight is 296 g/mol. The number of nitrogens with zero attached hydrogens (tertiary/aromatic N) is 3. The highest BCUT2D eigenvalue weighted by Crippen LogP contribution is 2.16. The normalized spacial score (nSPS) is 11.6. The number of imidazole rings is 1. The maximum Gasteiger partial charge on any atom is 0.111 e. The third kappa shape index (κ3) is 3.95. The van der Waals surface area contributed by atoms with E-state index in [1.165, 1.54) is 0 Å². The van der Waals surface area contributed by atoms with Gasteiger partial charge in [0, 0.05) is 25.4 Å². The fourth-order valence-corrected chi connectivity index (χ4v) is 2.32. The molecule has 0 unspecified atom stereocenters. The van der Waals surface area contributed by atoms with Crippen molar-refractivity contribution in [2.75, 3.05) is 39.7 Å². The van der Waals surface area contributed by atoms with Crippen LogP contribution in [-0.2, 0) is 17.7 Å². The third-order valence-corrected chi connectivity index (χ3v) is 3.38. The first-order chi connectivity index (χ1) is 9.72. The van der Waals surface area contributed by atoms with E-state index in [-0.39, 0.29) is 0 Å². The van der Waals surface area contributed by atoms with Crippen molar-refractivity contribution in [1.29, 1.82) is 0 Å². The van der Waals surface area contributed by atoms with E-state index < -0.39 is 0 Å². The predicted octanol–water partition coefficient (Wildman–Crippen LogP) is 2.40. The second-order valence-electron chi connectivity index (χ2n) is 5.02. The molecule has 0 spiro atoms. The first kappa shape index (κ1) is 15.3. The zero-order valence-electron chi connectivity index (χ0n) is 12.2. The van der Waals surface area contributed by atoms with Crippen LogP contribution in [0.5, 0.6) is 0 Å². The molecule has 0 saturated heterocycles. The van der Waals surface area contributed by atoms with E-state index in [1.54, 1.807) is 0 Å². The topological polar surface area (TPSA) is 30.3 Å². The van der Waals surface area contributed by atoms with E-state index in [1.807, 2.05) is 32.3 Å². The fraction of sp³-hybridized carbons (Fsp3) is 0.533. The summed E-state index contributed by atoms with van der Waals surface area (Å²) in [7, 11) is 4.09. The van der Waals surface area contributed by atoms with Gasteiger partial charge in [-0.15, -0.1) is 11.6 Å². The minimum absolute atomic E-state index is 0.588. The largest absolute Gasteiger partial charge is 0.378 e. The van der Waals surface area contributed by atoms with Gasteiger partial charge in [-0.05, 0) is 26.2 Å². The van der Waals surface area contributed by atoms with Crippen LogP contribution in [0.3, 0.4) is 0 Å². The van der Waals surface area contributed by atoms with E-state index in [0.29, 0.717) is 12.5 Å². The van der Waals surface area contributed by atoms with Crippen LogP contribution >= 0.6 is 11.6 Å². The Balaban J connectivity index is 2.01. The second kappa shape index (κ2) is 7.62. The maximum atomic E-state index is 5.86. The van der Waals surface area contributed by atoms with Crippen LogP contribution in [0.4, 0.5) is 0 Å². The van der Waals surface area contributed by atoms with Gasteiger partial charge in [-0.3, -0.25) is 0 Å². The number of hydrogen-bond acceptors (Lipinski definition) is 3. The molecule has 0 bridgehead atoms. The van der Waals surface area contributed by atoms with Crippen molar-refractivity contribution >= 4 is 22.6 Å². The molecule has 0 radical (unpaired) electrons. The molecule has 110 valence electrons. The molecule has 1 aromatic carbocycles. The Morgan fingerprint density at radius 2 is 2.05 bits per heavy atom. The Morgan fingerprint density at radius 1 is 1.25 bits per heavy atom. The lowest BCUT2D eigenvalue weighted by atomic mass is 10.3. The van der Waals surface area contributed by atoms with E-state index in [0.717, 1.165) is 43.0 Å². The molecule has 0 aliphatic heterocycles. The summed E-state index contributed by atoms with van der Waals surface area (Å²) in [6.07, 6.45) is 0.786. The first-order valence-corrected chi connectivity index (χ1v) is 7.48. The summed E-state index contributed by atoms with van der Waals surface area (Å²) in [6.45, 7) is 3.22. The maximum absolute atomic E-state index is 5.86. The smallest absolute Gasteiger partial charge is 0.111 e. The lowest BCUT2D eigenvalue weighted by Crippen LogP contribution is -2.19. The SMILES string of the molecule is CN(C)CCOCCn1c(CCCl)nc2ccccc21. The third-order valence-electron chi connectivity index (χ3n) is 3.19. The lowest BCUT2D eigenvalue weighted by molar-refractivity contribution is 0.111. The number of aryl methyl sites for hydroxylation is 1. The zero-order valence-corrected chi connectivity index (χ0v) is 12.9. The Morgan fingerprint density at radius 3 is 2.80 bits per heavy atom. The van der Waals surface area contributed by atoms with Crippen LogP contribution in [0.2, 0.25) is 0 Å². The molecule has 4 nitrogen and oxygen atoms in total. The molecule has 20 heavy (non-hydrogen) atoms. The number of rotatable bonds is 8. The number of hydrogen-bond donors (Lipinski definition) is 0. The first-order valence-electron chi connectivity index (χ1n) is 6.95. The summed E-state index contributed by atoms with van der Waals surface area (Å²) in [5.74, 6) is 1.63. The van der Waals surface area contributed by atoms with E-state index in [2.05, 4.69) is 20.5 Å². The van der Waals surface area contributed by atoms with Crippen LogP contribution in [0.1, 0.15) is 5.82 Å². The van der Waals surface area contributed by atoms with Gasteiger partial charge in [-0.25, -0.2) is 4.98 Å². The van der Waals surface area contributed by atoms with Crippen LogP contribution in [0.15, 0.2) is 24.3 Å². The minimum atomic E-state index is 0.588. The van der Waals surface area contributed by atoms with Gasteiger partial charge in [0.25, 0.3) is 0 Å². The molecule has 0 aliphatic rings. The zero-order chi connectivity index (χ0) is 14.4. The predicted molar refractivity (Wildman–Crippen MR) is 83.5 cm³/mol. The van der Waals surface area contributed by atoms with Gasteiger partial charge < -0.3 is 14.2 Å². The Labute approximate surface area is 125 Å². The van der Waals surface area contributed by atoms with Crippen LogP contribution in [-0.4, -0.2) is 54.2 Å². The van der Waals surface area contributed by atoms with Crippen LogP contribution < -0.4 is 0 Å². The lowest BCUT2D eigenvalue weighted by Gasteiger charge is -2.11. The summed E-state index contributed by atoms with van der Waals surface area (Å²) >= 11 is 5.86. The molecule has 0 fully saturated rings. The number of fused-ring (bicyclic) bond motifs is 1. The Hall–Kier alpha value is -1.10.